The van der Waals surface area contributed by atoms with Crippen molar-refractivity contribution in [3.8, 4) is 34.4 Å². The van der Waals surface area contributed by atoms with Gasteiger partial charge in [0.05, 0.1) is 22.1 Å². The van der Waals surface area contributed by atoms with Crippen LogP contribution in [-0.4, -0.2) is 9.13 Å². The average molecular weight is 515 g/mol. The predicted molar refractivity (Wildman–Crippen MR) is 162 cm³/mol. The molecule has 0 unspecified atom stereocenters. The van der Waals surface area contributed by atoms with E-state index in [1.54, 1.807) is 0 Å². The first-order valence-electron chi connectivity index (χ1n) is 13.4. The Bertz CT molecular complexity index is 2260. The van der Waals surface area contributed by atoms with E-state index in [1.165, 1.54) is 27.2 Å². The first-order chi connectivity index (χ1) is 19.8. The molecule has 4 nitrogen and oxygen atoms in total. The fourth-order valence-electron chi connectivity index (χ4n) is 6.28. The zero-order valence-electron chi connectivity index (χ0n) is 21.4. The molecule has 6 aromatic carbocycles. The van der Waals surface area contributed by atoms with Crippen LogP contribution >= 0.6 is 0 Å². The molecule has 40 heavy (non-hydrogen) atoms. The maximum atomic E-state index is 6.39. The topological polar surface area (TPSA) is 28.3 Å². The molecule has 3 heterocycles. The van der Waals surface area contributed by atoms with Crippen molar-refractivity contribution in [2.24, 2.45) is 0 Å². The van der Waals surface area contributed by atoms with Gasteiger partial charge in [-0.05, 0) is 54.6 Å². The van der Waals surface area contributed by atoms with Crippen LogP contribution in [0.15, 0.2) is 133 Å². The zero-order valence-corrected chi connectivity index (χ0v) is 21.4. The number of nitrogens with zero attached hydrogens (tertiary/aromatic N) is 2. The van der Waals surface area contributed by atoms with Crippen LogP contribution in [0.2, 0.25) is 0 Å². The highest BCUT2D eigenvalue weighted by Gasteiger charge is 2.25. The van der Waals surface area contributed by atoms with E-state index in [-0.39, 0.29) is 0 Å². The Balaban J connectivity index is 1.48. The second-order valence-electron chi connectivity index (χ2n) is 10.2. The minimum atomic E-state index is 0.714. The molecule has 0 aliphatic carbocycles. The molecule has 0 saturated carbocycles. The lowest BCUT2D eigenvalue weighted by Gasteiger charge is -2.20. The maximum Gasteiger partial charge on any atom is 0.172 e. The molecule has 8 aromatic rings. The Morgan fingerprint density at radius 3 is 1.70 bits per heavy atom. The number of benzene rings is 6. The second kappa shape index (κ2) is 8.01. The molecule has 0 fully saturated rings. The van der Waals surface area contributed by atoms with Crippen LogP contribution in [0, 0.1) is 0 Å². The normalized spacial score (nSPS) is 12.4. The van der Waals surface area contributed by atoms with E-state index in [9.17, 15) is 0 Å². The van der Waals surface area contributed by atoms with E-state index >= 15 is 0 Å². The SMILES string of the molecule is c1ccc(-n2c3cc4c(cc3c3c2ccc2c5ccccc5n(-c5ccccc5)c23)Oc2ccccc2O4)cc1. The van der Waals surface area contributed by atoms with Crippen LogP contribution < -0.4 is 9.47 Å². The molecule has 188 valence electrons. The Morgan fingerprint density at radius 2 is 0.975 bits per heavy atom. The van der Waals surface area contributed by atoms with Gasteiger partial charge in [0.15, 0.2) is 23.0 Å². The number of fused-ring (bicyclic) bond motifs is 9. The van der Waals surface area contributed by atoms with Gasteiger partial charge < -0.3 is 18.6 Å². The van der Waals surface area contributed by atoms with Gasteiger partial charge in [0, 0.05) is 39.0 Å². The third-order valence-electron chi connectivity index (χ3n) is 7.95. The Morgan fingerprint density at radius 1 is 0.375 bits per heavy atom. The number of aromatic nitrogens is 2. The fourth-order valence-corrected chi connectivity index (χ4v) is 6.28. The summed E-state index contributed by atoms with van der Waals surface area (Å²) in [6, 6.07) is 46.4. The lowest BCUT2D eigenvalue weighted by Crippen LogP contribution is -1.99. The summed E-state index contributed by atoms with van der Waals surface area (Å²) < 4.78 is 17.5. The molecule has 0 radical (unpaired) electrons. The number of hydrogen-bond acceptors (Lipinski definition) is 2. The van der Waals surface area contributed by atoms with Crippen LogP contribution in [-0.2, 0) is 0 Å². The second-order valence-corrected chi connectivity index (χ2v) is 10.2. The molecule has 0 bridgehead atoms. The van der Waals surface area contributed by atoms with E-state index in [2.05, 4.69) is 118 Å². The summed E-state index contributed by atoms with van der Waals surface area (Å²) >= 11 is 0. The van der Waals surface area contributed by atoms with Gasteiger partial charge in [-0.15, -0.1) is 0 Å². The Hall–Kier alpha value is -5.48. The molecule has 0 atom stereocenters. The first kappa shape index (κ1) is 21.5. The third kappa shape index (κ3) is 2.90. The summed E-state index contributed by atoms with van der Waals surface area (Å²) in [5.74, 6) is 2.89. The highest BCUT2D eigenvalue weighted by Crippen LogP contribution is 2.50. The van der Waals surface area contributed by atoms with Gasteiger partial charge in [-0.2, -0.15) is 0 Å². The minimum Gasteiger partial charge on any atom is -0.449 e. The molecule has 4 heteroatoms. The average Bonchev–Trinajstić information content (AvgIpc) is 3.52. The minimum absolute atomic E-state index is 0.714. The quantitative estimate of drug-likeness (QED) is 0.230. The lowest BCUT2D eigenvalue weighted by atomic mass is 10.1. The third-order valence-corrected chi connectivity index (χ3v) is 7.95. The van der Waals surface area contributed by atoms with Crippen LogP contribution in [0.1, 0.15) is 0 Å². The molecular formula is C36H22N2O2. The van der Waals surface area contributed by atoms with Gasteiger partial charge in [-0.1, -0.05) is 72.8 Å². The van der Waals surface area contributed by atoms with Crippen LogP contribution in [0.4, 0.5) is 0 Å². The number of hydrogen-bond donors (Lipinski definition) is 0. The number of ether oxygens (including phenoxy) is 2. The van der Waals surface area contributed by atoms with Crippen molar-refractivity contribution >= 4 is 43.6 Å². The smallest absolute Gasteiger partial charge is 0.172 e. The first-order valence-corrected chi connectivity index (χ1v) is 13.4. The fraction of sp³-hybridized carbons (Fsp3) is 0. The molecule has 0 spiro atoms. The largest absolute Gasteiger partial charge is 0.449 e. The monoisotopic (exact) mass is 514 g/mol. The molecule has 9 rings (SSSR count). The van der Waals surface area contributed by atoms with Crippen molar-refractivity contribution in [1.82, 2.24) is 9.13 Å². The molecule has 0 saturated heterocycles. The predicted octanol–water partition coefficient (Wildman–Crippen LogP) is 9.78. The van der Waals surface area contributed by atoms with E-state index in [0.717, 1.165) is 45.0 Å². The van der Waals surface area contributed by atoms with Crippen molar-refractivity contribution in [1.29, 1.82) is 0 Å². The molecular weight excluding hydrogens is 492 g/mol. The van der Waals surface area contributed by atoms with Gasteiger partial charge in [0.25, 0.3) is 0 Å². The van der Waals surface area contributed by atoms with E-state index < -0.39 is 0 Å². The van der Waals surface area contributed by atoms with Gasteiger partial charge >= 0.3 is 0 Å². The summed E-state index contributed by atoms with van der Waals surface area (Å²) in [4.78, 5) is 0. The maximum absolute atomic E-state index is 6.39. The summed E-state index contributed by atoms with van der Waals surface area (Å²) in [5, 5.41) is 4.75. The van der Waals surface area contributed by atoms with Crippen molar-refractivity contribution < 1.29 is 9.47 Å². The van der Waals surface area contributed by atoms with Crippen LogP contribution in [0.25, 0.3) is 55.0 Å². The van der Waals surface area contributed by atoms with E-state index in [4.69, 9.17) is 9.47 Å². The molecule has 1 aliphatic heterocycles. The number of para-hydroxylation sites is 5. The van der Waals surface area contributed by atoms with E-state index in [0.29, 0.717) is 5.75 Å². The molecule has 0 N–H and O–H groups in total. The Kier molecular flexibility index (Phi) is 4.30. The van der Waals surface area contributed by atoms with Gasteiger partial charge in [-0.3, -0.25) is 0 Å². The highest BCUT2D eigenvalue weighted by molar-refractivity contribution is 6.26. The van der Waals surface area contributed by atoms with Crippen molar-refractivity contribution in [2.45, 2.75) is 0 Å². The summed E-state index contributed by atoms with van der Waals surface area (Å²) in [5.41, 5.74) is 6.80. The molecule has 2 aromatic heterocycles. The van der Waals surface area contributed by atoms with Crippen molar-refractivity contribution in [2.75, 3.05) is 0 Å². The van der Waals surface area contributed by atoms with Crippen molar-refractivity contribution in [3.05, 3.63) is 133 Å². The van der Waals surface area contributed by atoms with Crippen LogP contribution in [0.5, 0.6) is 23.0 Å². The summed E-state index contributed by atoms with van der Waals surface area (Å²) in [7, 11) is 0. The van der Waals surface area contributed by atoms with Gasteiger partial charge in [-0.25, -0.2) is 0 Å². The standard InChI is InChI=1S/C36H22N2O2/c1-3-11-23(12-4-1)37-29-20-19-26-25-15-7-8-16-28(25)38(24-13-5-2-6-14-24)36(26)35(29)27-21-33-34(22-30(27)37)40-32-18-10-9-17-31(32)39-33/h1-22H. The van der Waals surface area contributed by atoms with E-state index in [1.807, 2.05) is 24.3 Å². The van der Waals surface area contributed by atoms with Gasteiger partial charge in [0.2, 0.25) is 0 Å². The van der Waals surface area contributed by atoms with Crippen molar-refractivity contribution in [3.63, 3.8) is 0 Å². The van der Waals surface area contributed by atoms with Gasteiger partial charge in [0.1, 0.15) is 0 Å². The number of rotatable bonds is 2. The summed E-state index contributed by atoms with van der Waals surface area (Å²) in [6.07, 6.45) is 0. The highest BCUT2D eigenvalue weighted by atomic mass is 16.6. The summed E-state index contributed by atoms with van der Waals surface area (Å²) in [6.45, 7) is 0. The zero-order chi connectivity index (χ0) is 26.2. The molecule has 1 aliphatic rings. The Labute approximate surface area is 229 Å². The lowest BCUT2D eigenvalue weighted by molar-refractivity contribution is 0.360. The van der Waals surface area contributed by atoms with Crippen LogP contribution in [0.3, 0.4) is 0 Å². The molecule has 0 amide bonds.